The van der Waals surface area contributed by atoms with E-state index >= 15 is 0 Å². The summed E-state index contributed by atoms with van der Waals surface area (Å²) in [4.78, 5) is 25.7. The molecule has 8 heteroatoms. The second-order valence-electron chi connectivity index (χ2n) is 7.25. The van der Waals surface area contributed by atoms with Crippen molar-refractivity contribution in [1.82, 2.24) is 0 Å². The zero-order valence-electron chi connectivity index (χ0n) is 19.6. The molecule has 0 saturated heterocycles. The zero-order chi connectivity index (χ0) is 24.1. The van der Waals surface area contributed by atoms with E-state index in [1.54, 1.807) is 31.2 Å². The van der Waals surface area contributed by atoms with Gasteiger partial charge in [-0.2, -0.15) is 0 Å². The summed E-state index contributed by atoms with van der Waals surface area (Å²) in [6.07, 6.45) is 0.473. The molecule has 0 N–H and O–H groups in total. The van der Waals surface area contributed by atoms with E-state index in [4.69, 9.17) is 28.1 Å². The molecule has 1 aliphatic heterocycles. The third kappa shape index (κ3) is 4.74. The number of hydrogen-bond donors (Lipinski definition) is 0. The number of aryl methyl sites for hydroxylation is 1. The monoisotopic (exact) mass is 456 g/mol. The minimum Gasteiger partial charge on any atom is -0.493 e. The average molecular weight is 456 g/mol. The molecule has 1 unspecified atom stereocenters. The molecule has 176 valence electrons. The molecule has 3 rings (SSSR count). The molecule has 8 nitrogen and oxygen atoms in total. The van der Waals surface area contributed by atoms with E-state index in [1.807, 2.05) is 13.8 Å². The Morgan fingerprint density at radius 3 is 2.18 bits per heavy atom. The first-order valence-corrected chi connectivity index (χ1v) is 10.6. The fraction of sp³-hybridized carbons (Fsp3) is 0.360. The standard InChI is InChI=1S/C25H28O8/c1-7-15-11-18(26)17-9-10-21(31-8-2)32-23(17)22(15)33-25(27)14(3)16-12-19(28-4)24(30-6)20(13-16)29-5/h9-14H,7-8H2,1-6H3. The van der Waals surface area contributed by atoms with Gasteiger partial charge in [0, 0.05) is 11.6 Å². The lowest BCUT2D eigenvalue weighted by Crippen LogP contribution is -2.19. The number of methoxy groups -OCH3 is 3. The van der Waals surface area contributed by atoms with Crippen molar-refractivity contribution in [3.8, 4) is 40.3 Å². The fourth-order valence-corrected chi connectivity index (χ4v) is 3.50. The lowest BCUT2D eigenvalue weighted by molar-refractivity contribution is -0.135. The molecule has 1 aromatic rings. The van der Waals surface area contributed by atoms with Crippen molar-refractivity contribution < 1.29 is 32.9 Å². The molecule has 0 amide bonds. The Labute approximate surface area is 192 Å². The fourth-order valence-electron chi connectivity index (χ4n) is 3.50. The largest absolute Gasteiger partial charge is 0.493 e. The molecule has 1 heterocycles. The van der Waals surface area contributed by atoms with Gasteiger partial charge in [0.1, 0.15) is 0 Å². The van der Waals surface area contributed by atoms with Crippen molar-refractivity contribution >= 4 is 5.97 Å². The van der Waals surface area contributed by atoms with Crippen LogP contribution in [0.4, 0.5) is 0 Å². The highest BCUT2D eigenvalue weighted by Crippen LogP contribution is 2.41. The van der Waals surface area contributed by atoms with Crippen LogP contribution < -0.4 is 29.1 Å². The van der Waals surface area contributed by atoms with Crippen LogP contribution in [-0.4, -0.2) is 33.9 Å². The van der Waals surface area contributed by atoms with Gasteiger partial charge in [-0.05, 0) is 50.1 Å². The van der Waals surface area contributed by atoms with Gasteiger partial charge in [0.05, 0.1) is 39.4 Å². The molecule has 0 spiro atoms. The van der Waals surface area contributed by atoms with Crippen molar-refractivity contribution in [2.75, 3.05) is 27.9 Å². The van der Waals surface area contributed by atoms with Crippen LogP contribution in [0.5, 0.6) is 28.9 Å². The molecule has 0 fully saturated rings. The summed E-state index contributed by atoms with van der Waals surface area (Å²) >= 11 is 0. The normalized spacial score (nSPS) is 11.7. The van der Waals surface area contributed by atoms with Crippen molar-refractivity contribution in [2.24, 2.45) is 0 Å². The summed E-state index contributed by atoms with van der Waals surface area (Å²) < 4.78 is 33.2. The van der Waals surface area contributed by atoms with E-state index in [1.165, 1.54) is 27.4 Å². The van der Waals surface area contributed by atoms with Crippen molar-refractivity contribution in [3.63, 3.8) is 0 Å². The topological polar surface area (TPSA) is 93.4 Å². The smallest absolute Gasteiger partial charge is 0.318 e. The van der Waals surface area contributed by atoms with Crippen molar-refractivity contribution in [1.29, 1.82) is 0 Å². The summed E-state index contributed by atoms with van der Waals surface area (Å²) in [5, 5.41) is 0. The average Bonchev–Trinajstić information content (AvgIpc) is 2.83. The third-order valence-electron chi connectivity index (χ3n) is 5.31. The van der Waals surface area contributed by atoms with Gasteiger partial charge in [-0.3, -0.25) is 9.59 Å². The Kier molecular flexibility index (Phi) is 7.48. The lowest BCUT2D eigenvalue weighted by Gasteiger charge is -2.19. The van der Waals surface area contributed by atoms with Crippen molar-refractivity contribution in [3.05, 3.63) is 51.7 Å². The maximum absolute atomic E-state index is 13.2. The number of rotatable bonds is 9. The zero-order valence-corrected chi connectivity index (χ0v) is 19.6. The highest BCUT2D eigenvalue weighted by atomic mass is 16.6. The highest BCUT2D eigenvalue weighted by molar-refractivity contribution is 5.83. The Hall–Kier alpha value is -3.68. The first kappa shape index (κ1) is 24.0. The second kappa shape index (κ2) is 10.3. The third-order valence-corrected chi connectivity index (χ3v) is 5.31. The van der Waals surface area contributed by atoms with Crippen LogP contribution in [0.1, 0.15) is 37.8 Å². The number of benzene rings is 2. The van der Waals surface area contributed by atoms with E-state index in [0.29, 0.717) is 47.0 Å². The summed E-state index contributed by atoms with van der Waals surface area (Å²) in [6, 6.07) is 8.04. The predicted molar refractivity (Wildman–Crippen MR) is 122 cm³/mol. The quantitative estimate of drug-likeness (QED) is 0.345. The van der Waals surface area contributed by atoms with Crippen LogP contribution in [0.2, 0.25) is 0 Å². The number of ether oxygens (including phenoxy) is 5. The molecule has 0 radical (unpaired) electrons. The van der Waals surface area contributed by atoms with Gasteiger partial charge >= 0.3 is 5.97 Å². The summed E-state index contributed by atoms with van der Waals surface area (Å²) in [5.74, 6) is 0.686. The number of carbonyl (C=O) groups excluding carboxylic acids is 1. The first-order chi connectivity index (χ1) is 15.9. The maximum atomic E-state index is 13.2. The Balaban J connectivity index is 2.03. The van der Waals surface area contributed by atoms with E-state index in [-0.39, 0.29) is 22.9 Å². The molecule has 0 aromatic heterocycles. The molecular formula is C25H28O8. The van der Waals surface area contributed by atoms with Gasteiger partial charge in [0.2, 0.25) is 5.75 Å². The maximum Gasteiger partial charge on any atom is 0.318 e. The Bertz CT molecular complexity index is 1140. The first-order valence-electron chi connectivity index (χ1n) is 10.6. The van der Waals surface area contributed by atoms with Gasteiger partial charge in [0.15, 0.2) is 28.4 Å². The van der Waals surface area contributed by atoms with Crippen LogP contribution in [-0.2, 0) is 11.2 Å². The summed E-state index contributed by atoms with van der Waals surface area (Å²) in [6.45, 7) is 5.79. The van der Waals surface area contributed by atoms with Gasteiger partial charge in [-0.25, -0.2) is 0 Å². The van der Waals surface area contributed by atoms with Crippen LogP contribution in [0, 0.1) is 0 Å². The Morgan fingerprint density at radius 2 is 1.64 bits per heavy atom. The molecule has 0 saturated carbocycles. The molecule has 2 aliphatic rings. The lowest BCUT2D eigenvalue weighted by atomic mass is 9.99. The van der Waals surface area contributed by atoms with Gasteiger partial charge < -0.3 is 28.1 Å². The molecule has 33 heavy (non-hydrogen) atoms. The van der Waals surface area contributed by atoms with E-state index in [9.17, 15) is 9.59 Å². The number of esters is 1. The van der Waals surface area contributed by atoms with Crippen LogP contribution in [0.15, 0.2) is 39.5 Å². The molecule has 1 aromatic carbocycles. The van der Waals surface area contributed by atoms with Crippen LogP contribution >= 0.6 is 0 Å². The minimum absolute atomic E-state index is 0.177. The summed E-state index contributed by atoms with van der Waals surface area (Å²) in [5.41, 5.74) is 1.27. The van der Waals surface area contributed by atoms with Gasteiger partial charge in [-0.1, -0.05) is 6.92 Å². The Morgan fingerprint density at radius 1 is 0.970 bits per heavy atom. The molecule has 1 aliphatic carbocycles. The van der Waals surface area contributed by atoms with Crippen molar-refractivity contribution in [2.45, 2.75) is 33.1 Å². The van der Waals surface area contributed by atoms with Gasteiger partial charge in [0.25, 0.3) is 5.95 Å². The minimum atomic E-state index is -0.680. The predicted octanol–water partition coefficient (Wildman–Crippen LogP) is 4.44. The number of fused-ring (bicyclic) bond motifs is 1. The highest BCUT2D eigenvalue weighted by Gasteiger charge is 2.27. The van der Waals surface area contributed by atoms with E-state index in [0.717, 1.165) is 0 Å². The van der Waals surface area contributed by atoms with Crippen LogP contribution in [0.25, 0.3) is 11.3 Å². The molecular weight excluding hydrogens is 428 g/mol. The molecule has 1 atom stereocenters. The number of hydrogen-bond acceptors (Lipinski definition) is 8. The second-order valence-corrected chi connectivity index (χ2v) is 7.25. The van der Waals surface area contributed by atoms with Crippen LogP contribution in [0.3, 0.4) is 0 Å². The summed E-state index contributed by atoms with van der Waals surface area (Å²) in [7, 11) is 4.52. The van der Waals surface area contributed by atoms with E-state index in [2.05, 4.69) is 0 Å². The van der Waals surface area contributed by atoms with E-state index < -0.39 is 11.9 Å². The molecule has 0 bridgehead atoms. The number of carbonyl (C=O) groups is 1. The van der Waals surface area contributed by atoms with Gasteiger partial charge in [-0.15, -0.1) is 0 Å². The SMILES string of the molecule is CCOc1ccc2c(=O)cc(CC)c(OC(=O)C(C)c3cc(OC)c(OC)c(OC)c3)c-2o1.